The monoisotopic (exact) mass is 196 g/mol. The van der Waals surface area contributed by atoms with Crippen molar-refractivity contribution in [3.63, 3.8) is 0 Å². The van der Waals surface area contributed by atoms with Crippen molar-refractivity contribution in [3.8, 4) is 0 Å². The fourth-order valence-corrected chi connectivity index (χ4v) is 1.62. The summed E-state index contributed by atoms with van der Waals surface area (Å²) in [6.07, 6.45) is 3.43. The van der Waals surface area contributed by atoms with Crippen LogP contribution in [0.15, 0.2) is 12.4 Å². The molecule has 0 saturated carbocycles. The minimum Gasteiger partial charge on any atom is -0.350 e. The van der Waals surface area contributed by atoms with E-state index >= 15 is 0 Å². The van der Waals surface area contributed by atoms with Crippen LogP contribution < -0.4 is 5.32 Å². The van der Waals surface area contributed by atoms with Crippen LogP contribution in [0.5, 0.6) is 0 Å². The van der Waals surface area contributed by atoms with E-state index in [1.165, 1.54) is 12.4 Å². The van der Waals surface area contributed by atoms with Crippen molar-refractivity contribution in [3.05, 3.63) is 18.2 Å². The SMILES string of the molecule is CN1CCC(Nc2ncc(F)cn2)C1. The summed E-state index contributed by atoms with van der Waals surface area (Å²) in [6, 6.07) is 0.380. The van der Waals surface area contributed by atoms with E-state index in [1.807, 2.05) is 0 Å². The highest BCUT2D eigenvalue weighted by Crippen LogP contribution is 2.10. The maximum absolute atomic E-state index is 12.5. The van der Waals surface area contributed by atoms with E-state index < -0.39 is 5.82 Å². The molecular formula is C9H13FN4. The van der Waals surface area contributed by atoms with Crippen LogP contribution in [0.3, 0.4) is 0 Å². The average molecular weight is 196 g/mol. The third kappa shape index (κ3) is 2.17. The van der Waals surface area contributed by atoms with Crippen LogP contribution in [0, 0.1) is 5.82 Å². The number of rotatable bonds is 2. The zero-order valence-electron chi connectivity index (χ0n) is 8.07. The molecule has 2 rings (SSSR count). The summed E-state index contributed by atoms with van der Waals surface area (Å²) in [6.45, 7) is 2.07. The molecule has 1 N–H and O–H groups in total. The van der Waals surface area contributed by atoms with E-state index in [9.17, 15) is 4.39 Å². The van der Waals surface area contributed by atoms with Crippen molar-refractivity contribution in [1.82, 2.24) is 14.9 Å². The lowest BCUT2D eigenvalue weighted by atomic mass is 10.3. The van der Waals surface area contributed by atoms with E-state index in [0.29, 0.717) is 12.0 Å². The molecule has 14 heavy (non-hydrogen) atoms. The molecule has 1 aliphatic heterocycles. The van der Waals surface area contributed by atoms with Crippen molar-refractivity contribution in [2.24, 2.45) is 0 Å². The van der Waals surface area contributed by atoms with Gasteiger partial charge in [-0.1, -0.05) is 0 Å². The highest BCUT2D eigenvalue weighted by Gasteiger charge is 2.19. The minimum absolute atomic E-state index is 0.380. The van der Waals surface area contributed by atoms with Gasteiger partial charge in [0.1, 0.15) is 0 Å². The normalized spacial score (nSPS) is 22.6. The van der Waals surface area contributed by atoms with Crippen LogP contribution in [0.25, 0.3) is 0 Å². The van der Waals surface area contributed by atoms with Gasteiger partial charge in [-0.2, -0.15) is 0 Å². The highest BCUT2D eigenvalue weighted by atomic mass is 19.1. The van der Waals surface area contributed by atoms with Crippen molar-refractivity contribution >= 4 is 5.95 Å². The number of likely N-dealkylation sites (N-methyl/N-ethyl adjacent to an activating group) is 1. The fraction of sp³-hybridized carbons (Fsp3) is 0.556. The van der Waals surface area contributed by atoms with E-state index in [1.54, 1.807) is 0 Å². The molecule has 0 radical (unpaired) electrons. The summed E-state index contributed by atoms with van der Waals surface area (Å²) >= 11 is 0. The van der Waals surface area contributed by atoms with Crippen molar-refractivity contribution in [2.75, 3.05) is 25.5 Å². The van der Waals surface area contributed by atoms with Gasteiger partial charge in [0, 0.05) is 12.6 Å². The summed E-state index contributed by atoms with van der Waals surface area (Å²) in [4.78, 5) is 9.94. The summed E-state index contributed by atoms with van der Waals surface area (Å²) < 4.78 is 12.5. The lowest BCUT2D eigenvalue weighted by Gasteiger charge is -2.11. The standard InChI is InChI=1S/C9H13FN4/c1-14-3-2-8(6-14)13-9-11-4-7(10)5-12-9/h4-5,8H,2-3,6H2,1H3,(H,11,12,13). The lowest BCUT2D eigenvalue weighted by Crippen LogP contribution is -2.24. The molecule has 1 fully saturated rings. The average Bonchev–Trinajstić information content (AvgIpc) is 2.56. The van der Waals surface area contributed by atoms with Gasteiger partial charge in [-0.15, -0.1) is 0 Å². The molecule has 5 heteroatoms. The van der Waals surface area contributed by atoms with Crippen LogP contribution >= 0.6 is 0 Å². The molecule has 0 bridgehead atoms. The third-order valence-electron chi connectivity index (χ3n) is 2.34. The molecule has 76 valence electrons. The number of nitrogens with zero attached hydrogens (tertiary/aromatic N) is 3. The van der Waals surface area contributed by atoms with Crippen LogP contribution in [0.4, 0.5) is 10.3 Å². The van der Waals surface area contributed by atoms with Gasteiger partial charge in [-0.25, -0.2) is 14.4 Å². The van der Waals surface area contributed by atoms with E-state index in [-0.39, 0.29) is 0 Å². The Bertz CT molecular complexity index is 300. The molecule has 1 aromatic rings. The Hall–Kier alpha value is -1.23. The minimum atomic E-state index is -0.404. The van der Waals surface area contributed by atoms with E-state index in [2.05, 4.69) is 27.2 Å². The van der Waals surface area contributed by atoms with Crippen LogP contribution in [-0.2, 0) is 0 Å². The molecule has 1 saturated heterocycles. The predicted molar refractivity (Wildman–Crippen MR) is 51.5 cm³/mol. The zero-order valence-corrected chi connectivity index (χ0v) is 8.07. The topological polar surface area (TPSA) is 41.0 Å². The van der Waals surface area contributed by atoms with Crippen LogP contribution in [-0.4, -0.2) is 41.0 Å². The number of nitrogens with one attached hydrogen (secondary N) is 1. The maximum atomic E-state index is 12.5. The Kier molecular flexibility index (Phi) is 2.58. The second kappa shape index (κ2) is 3.88. The fourth-order valence-electron chi connectivity index (χ4n) is 1.62. The molecule has 1 atom stereocenters. The van der Waals surface area contributed by atoms with Gasteiger partial charge in [-0.3, -0.25) is 0 Å². The largest absolute Gasteiger partial charge is 0.350 e. The van der Waals surface area contributed by atoms with Gasteiger partial charge >= 0.3 is 0 Å². The Balaban J connectivity index is 1.94. The molecule has 1 aliphatic rings. The second-order valence-electron chi connectivity index (χ2n) is 3.62. The highest BCUT2D eigenvalue weighted by molar-refractivity contribution is 5.25. The molecule has 2 heterocycles. The first kappa shape index (κ1) is 9.33. The van der Waals surface area contributed by atoms with Crippen LogP contribution in [0.1, 0.15) is 6.42 Å². The maximum Gasteiger partial charge on any atom is 0.223 e. The molecule has 0 aliphatic carbocycles. The van der Waals surface area contributed by atoms with Gasteiger partial charge in [0.2, 0.25) is 5.95 Å². The number of aromatic nitrogens is 2. The quantitative estimate of drug-likeness (QED) is 0.757. The Morgan fingerprint density at radius 3 is 2.79 bits per heavy atom. The number of halogens is 1. The smallest absolute Gasteiger partial charge is 0.223 e. The first-order valence-corrected chi connectivity index (χ1v) is 4.66. The first-order valence-electron chi connectivity index (χ1n) is 4.66. The van der Waals surface area contributed by atoms with Gasteiger partial charge in [-0.05, 0) is 20.0 Å². The molecule has 4 nitrogen and oxygen atoms in total. The van der Waals surface area contributed by atoms with Crippen molar-refractivity contribution in [2.45, 2.75) is 12.5 Å². The Morgan fingerprint density at radius 2 is 2.21 bits per heavy atom. The predicted octanol–water partition coefficient (Wildman–Crippen LogP) is 0.732. The summed E-state index contributed by atoms with van der Waals surface area (Å²) in [5.41, 5.74) is 0. The number of hydrogen-bond donors (Lipinski definition) is 1. The Morgan fingerprint density at radius 1 is 1.50 bits per heavy atom. The molecule has 0 spiro atoms. The van der Waals surface area contributed by atoms with Gasteiger partial charge in [0.25, 0.3) is 0 Å². The number of anilines is 1. The van der Waals surface area contributed by atoms with Gasteiger partial charge < -0.3 is 10.2 Å². The number of likely N-dealkylation sites (tertiary alicyclic amines) is 1. The summed E-state index contributed by atoms with van der Waals surface area (Å²) in [5.74, 6) is 0.103. The second-order valence-corrected chi connectivity index (χ2v) is 3.62. The lowest BCUT2D eigenvalue weighted by molar-refractivity contribution is 0.414. The van der Waals surface area contributed by atoms with E-state index in [0.717, 1.165) is 19.5 Å². The first-order chi connectivity index (χ1) is 6.74. The summed E-state index contributed by atoms with van der Waals surface area (Å²) in [7, 11) is 2.08. The molecule has 1 unspecified atom stereocenters. The van der Waals surface area contributed by atoms with E-state index in [4.69, 9.17) is 0 Å². The van der Waals surface area contributed by atoms with Crippen molar-refractivity contribution < 1.29 is 4.39 Å². The number of hydrogen-bond acceptors (Lipinski definition) is 4. The molecule has 0 amide bonds. The van der Waals surface area contributed by atoms with Gasteiger partial charge in [0.05, 0.1) is 12.4 Å². The molecule has 0 aromatic carbocycles. The Labute approximate surface area is 82.2 Å². The zero-order chi connectivity index (χ0) is 9.97. The molecular weight excluding hydrogens is 183 g/mol. The summed E-state index contributed by atoms with van der Waals surface area (Å²) in [5, 5.41) is 3.17. The van der Waals surface area contributed by atoms with Crippen molar-refractivity contribution in [1.29, 1.82) is 0 Å². The third-order valence-corrected chi connectivity index (χ3v) is 2.34. The molecule has 1 aromatic heterocycles. The van der Waals surface area contributed by atoms with Gasteiger partial charge in [0.15, 0.2) is 5.82 Å². The van der Waals surface area contributed by atoms with Crippen LogP contribution in [0.2, 0.25) is 0 Å².